The second-order valence-corrected chi connectivity index (χ2v) is 5.62. The zero-order chi connectivity index (χ0) is 13.5. The van der Waals surface area contributed by atoms with E-state index in [2.05, 4.69) is 37.2 Å². The third-order valence-electron chi connectivity index (χ3n) is 2.39. The van der Waals surface area contributed by atoms with E-state index in [1.165, 1.54) is 0 Å². The molecule has 1 aromatic carbocycles. The molecule has 100 valence electrons. The van der Waals surface area contributed by atoms with Crippen LogP contribution in [0.5, 0.6) is 0 Å². The molecular formula is C12H16Br2N2O2. The van der Waals surface area contributed by atoms with Crippen LogP contribution in [-0.4, -0.2) is 25.7 Å². The summed E-state index contributed by atoms with van der Waals surface area (Å²) in [5.41, 5.74) is 6.50. The lowest BCUT2D eigenvalue weighted by Crippen LogP contribution is -2.35. The third kappa shape index (κ3) is 5.06. The molecule has 1 aromatic rings. The number of benzene rings is 1. The molecule has 3 N–H and O–H groups in total. The van der Waals surface area contributed by atoms with Gasteiger partial charge in [-0.05, 0) is 47.0 Å². The molecule has 0 saturated carbocycles. The predicted molar refractivity (Wildman–Crippen MR) is 79.6 cm³/mol. The Morgan fingerprint density at radius 2 is 2.22 bits per heavy atom. The Labute approximate surface area is 124 Å². The summed E-state index contributed by atoms with van der Waals surface area (Å²) in [6.45, 7) is 0.613. The van der Waals surface area contributed by atoms with Crippen LogP contribution in [0.1, 0.15) is 12.8 Å². The highest BCUT2D eigenvalue weighted by Crippen LogP contribution is 2.26. The number of hydrogen-bond acceptors (Lipinski definition) is 3. The molecule has 1 amide bonds. The zero-order valence-electron chi connectivity index (χ0n) is 10.1. The molecule has 1 atom stereocenters. The van der Waals surface area contributed by atoms with Gasteiger partial charge in [0, 0.05) is 22.7 Å². The Bertz CT molecular complexity index is 413. The third-order valence-corrected chi connectivity index (χ3v) is 3.57. The first-order chi connectivity index (χ1) is 8.54. The Balaban J connectivity index is 2.55. The Morgan fingerprint density at radius 3 is 2.89 bits per heavy atom. The molecule has 4 nitrogen and oxygen atoms in total. The second-order valence-electron chi connectivity index (χ2n) is 3.85. The molecule has 0 heterocycles. The van der Waals surface area contributed by atoms with Crippen LogP contribution in [0.15, 0.2) is 27.1 Å². The number of nitrogens with two attached hydrogens (primary N) is 1. The number of methoxy groups -OCH3 is 1. The SMILES string of the molecule is COCCCC(N)C(=O)Nc1cc(Br)ccc1Br. The van der Waals surface area contributed by atoms with Crippen molar-refractivity contribution in [2.75, 3.05) is 19.0 Å². The monoisotopic (exact) mass is 378 g/mol. The lowest BCUT2D eigenvalue weighted by molar-refractivity contribution is -0.117. The van der Waals surface area contributed by atoms with Crippen LogP contribution in [0.25, 0.3) is 0 Å². The van der Waals surface area contributed by atoms with Crippen molar-refractivity contribution >= 4 is 43.5 Å². The van der Waals surface area contributed by atoms with Gasteiger partial charge in [-0.15, -0.1) is 0 Å². The van der Waals surface area contributed by atoms with Crippen LogP contribution in [0.2, 0.25) is 0 Å². The van der Waals surface area contributed by atoms with E-state index in [9.17, 15) is 4.79 Å². The summed E-state index contributed by atoms with van der Waals surface area (Å²) in [4.78, 5) is 11.9. The van der Waals surface area contributed by atoms with Gasteiger partial charge >= 0.3 is 0 Å². The van der Waals surface area contributed by atoms with Gasteiger partial charge in [-0.25, -0.2) is 0 Å². The maximum atomic E-state index is 11.9. The van der Waals surface area contributed by atoms with Gasteiger partial charge in [-0.1, -0.05) is 15.9 Å². The van der Waals surface area contributed by atoms with Gasteiger partial charge in [0.15, 0.2) is 0 Å². The van der Waals surface area contributed by atoms with Crippen LogP contribution in [0, 0.1) is 0 Å². The van der Waals surface area contributed by atoms with E-state index in [-0.39, 0.29) is 5.91 Å². The summed E-state index contributed by atoms with van der Waals surface area (Å²) in [5.74, 6) is -0.190. The topological polar surface area (TPSA) is 64.3 Å². The van der Waals surface area contributed by atoms with Crippen molar-refractivity contribution in [3.05, 3.63) is 27.1 Å². The van der Waals surface area contributed by atoms with Gasteiger partial charge in [0.25, 0.3) is 0 Å². The number of carbonyl (C=O) groups excluding carboxylic acids is 1. The van der Waals surface area contributed by atoms with Gasteiger partial charge in [0.1, 0.15) is 0 Å². The molecule has 1 rings (SSSR count). The van der Waals surface area contributed by atoms with Crippen molar-refractivity contribution in [1.29, 1.82) is 0 Å². The lowest BCUT2D eigenvalue weighted by atomic mass is 10.1. The molecule has 0 bridgehead atoms. The van der Waals surface area contributed by atoms with Crippen molar-refractivity contribution in [2.24, 2.45) is 5.73 Å². The molecule has 0 aliphatic rings. The summed E-state index contributed by atoms with van der Waals surface area (Å²) in [7, 11) is 1.63. The average Bonchev–Trinajstić information content (AvgIpc) is 2.34. The minimum absolute atomic E-state index is 0.190. The smallest absolute Gasteiger partial charge is 0.241 e. The normalized spacial score (nSPS) is 12.2. The Kier molecular flexibility index (Phi) is 6.85. The van der Waals surface area contributed by atoms with Crippen LogP contribution in [0.4, 0.5) is 5.69 Å². The van der Waals surface area contributed by atoms with E-state index in [4.69, 9.17) is 10.5 Å². The molecule has 0 spiro atoms. The number of amides is 1. The van der Waals surface area contributed by atoms with E-state index in [1.807, 2.05) is 18.2 Å². The quantitative estimate of drug-likeness (QED) is 0.747. The predicted octanol–water partition coefficient (Wildman–Crippen LogP) is 2.90. The summed E-state index contributed by atoms with van der Waals surface area (Å²) < 4.78 is 6.64. The fraction of sp³-hybridized carbons (Fsp3) is 0.417. The maximum Gasteiger partial charge on any atom is 0.241 e. The highest BCUT2D eigenvalue weighted by molar-refractivity contribution is 9.11. The number of rotatable bonds is 6. The first-order valence-electron chi connectivity index (χ1n) is 5.55. The van der Waals surface area contributed by atoms with Crippen molar-refractivity contribution in [2.45, 2.75) is 18.9 Å². The number of halogens is 2. The number of carbonyl (C=O) groups is 1. The number of nitrogens with one attached hydrogen (secondary N) is 1. The van der Waals surface area contributed by atoms with Gasteiger partial charge in [-0.3, -0.25) is 4.79 Å². The van der Waals surface area contributed by atoms with E-state index in [0.29, 0.717) is 18.7 Å². The minimum atomic E-state index is -0.522. The summed E-state index contributed by atoms with van der Waals surface area (Å²) in [6.07, 6.45) is 1.37. The van der Waals surface area contributed by atoms with E-state index >= 15 is 0 Å². The summed E-state index contributed by atoms with van der Waals surface area (Å²) in [5, 5.41) is 2.80. The molecule has 0 radical (unpaired) electrons. The van der Waals surface area contributed by atoms with Crippen molar-refractivity contribution < 1.29 is 9.53 Å². The number of anilines is 1. The summed E-state index contributed by atoms with van der Waals surface area (Å²) in [6, 6.07) is 5.05. The molecule has 0 saturated heterocycles. The maximum absolute atomic E-state index is 11.9. The van der Waals surface area contributed by atoms with Gasteiger partial charge in [0.2, 0.25) is 5.91 Å². The lowest BCUT2D eigenvalue weighted by Gasteiger charge is -2.13. The van der Waals surface area contributed by atoms with Crippen LogP contribution >= 0.6 is 31.9 Å². The number of ether oxygens (including phenoxy) is 1. The Hall–Kier alpha value is -0.430. The highest BCUT2D eigenvalue weighted by atomic mass is 79.9. The molecule has 1 unspecified atom stereocenters. The molecule has 6 heteroatoms. The van der Waals surface area contributed by atoms with Crippen LogP contribution in [0.3, 0.4) is 0 Å². The highest BCUT2D eigenvalue weighted by Gasteiger charge is 2.14. The molecule has 0 aliphatic heterocycles. The zero-order valence-corrected chi connectivity index (χ0v) is 13.3. The molecule has 18 heavy (non-hydrogen) atoms. The largest absolute Gasteiger partial charge is 0.385 e. The fourth-order valence-corrected chi connectivity index (χ4v) is 2.10. The molecular weight excluding hydrogens is 364 g/mol. The van der Waals surface area contributed by atoms with Gasteiger partial charge < -0.3 is 15.8 Å². The molecule has 0 aliphatic carbocycles. The number of hydrogen-bond donors (Lipinski definition) is 2. The second kappa shape index (κ2) is 7.89. The molecule has 0 fully saturated rings. The van der Waals surface area contributed by atoms with E-state index in [1.54, 1.807) is 7.11 Å². The van der Waals surface area contributed by atoms with E-state index in [0.717, 1.165) is 15.4 Å². The van der Waals surface area contributed by atoms with Gasteiger partial charge in [-0.2, -0.15) is 0 Å². The van der Waals surface area contributed by atoms with Crippen molar-refractivity contribution in [3.63, 3.8) is 0 Å². The van der Waals surface area contributed by atoms with Crippen molar-refractivity contribution in [1.82, 2.24) is 0 Å². The van der Waals surface area contributed by atoms with Gasteiger partial charge in [0.05, 0.1) is 11.7 Å². The molecule has 0 aromatic heterocycles. The Morgan fingerprint density at radius 1 is 1.50 bits per heavy atom. The van der Waals surface area contributed by atoms with Crippen molar-refractivity contribution in [3.8, 4) is 0 Å². The first-order valence-corrected chi connectivity index (χ1v) is 7.13. The van der Waals surface area contributed by atoms with Crippen LogP contribution in [-0.2, 0) is 9.53 Å². The summed E-state index contributed by atoms with van der Waals surface area (Å²) >= 11 is 6.73. The fourth-order valence-electron chi connectivity index (χ4n) is 1.40. The van der Waals surface area contributed by atoms with E-state index < -0.39 is 6.04 Å². The average molecular weight is 380 g/mol. The minimum Gasteiger partial charge on any atom is -0.385 e. The van der Waals surface area contributed by atoms with Crippen LogP contribution < -0.4 is 11.1 Å². The first kappa shape index (κ1) is 15.6. The standard InChI is InChI=1S/C12H16Br2N2O2/c1-18-6-2-3-10(15)12(17)16-11-7-8(13)4-5-9(11)14/h4-5,7,10H,2-3,6,15H2,1H3,(H,16,17).